The first-order valence-electron chi connectivity index (χ1n) is 6.16. The van der Waals surface area contributed by atoms with Gasteiger partial charge >= 0.3 is 0 Å². The Morgan fingerprint density at radius 2 is 2.15 bits per heavy atom. The summed E-state index contributed by atoms with van der Waals surface area (Å²) in [6.07, 6.45) is 0. The lowest BCUT2D eigenvalue weighted by atomic mass is 10.2. The monoisotopic (exact) mass is 273 g/mol. The molecular formula is C14H15N3O3. The first-order chi connectivity index (χ1) is 9.69. The Morgan fingerprint density at radius 1 is 1.30 bits per heavy atom. The molecule has 1 aromatic carbocycles. The molecular weight excluding hydrogens is 258 g/mol. The standard InChI is InChI=1S/C14H15N3O3/c1-10-5-6-13(17-16-10)20-12-4-2-3-11(9-12)14(19)15-7-8-18/h2-6,9,18H,7-8H2,1H3,(H,15,19). The molecule has 2 rings (SSSR count). The van der Waals surface area contributed by atoms with Crippen LogP contribution in [-0.2, 0) is 0 Å². The Kier molecular flexibility index (Phi) is 4.62. The summed E-state index contributed by atoms with van der Waals surface area (Å²) in [7, 11) is 0. The highest BCUT2D eigenvalue weighted by atomic mass is 16.5. The first kappa shape index (κ1) is 14.0. The van der Waals surface area contributed by atoms with Crippen LogP contribution in [0.3, 0.4) is 0 Å². The molecule has 0 aliphatic heterocycles. The molecule has 1 aromatic heterocycles. The normalized spacial score (nSPS) is 10.1. The largest absolute Gasteiger partial charge is 0.438 e. The van der Waals surface area contributed by atoms with Crippen LogP contribution in [0, 0.1) is 6.92 Å². The van der Waals surface area contributed by atoms with Crippen LogP contribution in [-0.4, -0.2) is 34.4 Å². The summed E-state index contributed by atoms with van der Waals surface area (Å²) < 4.78 is 5.53. The van der Waals surface area contributed by atoms with Gasteiger partial charge in [-0.05, 0) is 31.2 Å². The number of benzene rings is 1. The van der Waals surface area contributed by atoms with Crippen LogP contribution in [0.2, 0.25) is 0 Å². The van der Waals surface area contributed by atoms with E-state index in [0.717, 1.165) is 5.69 Å². The molecule has 0 unspecified atom stereocenters. The lowest BCUT2D eigenvalue weighted by molar-refractivity contribution is 0.0944. The highest BCUT2D eigenvalue weighted by Gasteiger charge is 2.07. The summed E-state index contributed by atoms with van der Waals surface area (Å²) in [5.41, 5.74) is 1.26. The summed E-state index contributed by atoms with van der Waals surface area (Å²) in [5.74, 6) is 0.600. The van der Waals surface area contributed by atoms with Crippen molar-refractivity contribution in [1.29, 1.82) is 0 Å². The molecule has 6 nitrogen and oxygen atoms in total. The van der Waals surface area contributed by atoms with E-state index < -0.39 is 0 Å². The van der Waals surface area contributed by atoms with Gasteiger partial charge in [0, 0.05) is 18.2 Å². The maximum atomic E-state index is 11.7. The molecule has 0 aliphatic rings. The molecule has 0 radical (unpaired) electrons. The highest BCUT2D eigenvalue weighted by molar-refractivity contribution is 5.94. The minimum Gasteiger partial charge on any atom is -0.438 e. The number of aliphatic hydroxyl groups is 1. The van der Waals surface area contributed by atoms with Gasteiger partial charge in [-0.2, -0.15) is 5.10 Å². The molecule has 0 fully saturated rings. The Morgan fingerprint density at radius 3 is 2.85 bits per heavy atom. The Bertz CT molecular complexity index is 584. The molecule has 20 heavy (non-hydrogen) atoms. The van der Waals surface area contributed by atoms with Crippen molar-refractivity contribution in [3.8, 4) is 11.6 Å². The van der Waals surface area contributed by atoms with Crippen molar-refractivity contribution in [2.24, 2.45) is 0 Å². The number of amides is 1. The van der Waals surface area contributed by atoms with Crippen LogP contribution in [0.25, 0.3) is 0 Å². The minimum absolute atomic E-state index is 0.0963. The smallest absolute Gasteiger partial charge is 0.251 e. The summed E-state index contributed by atoms with van der Waals surface area (Å²) in [5, 5.41) is 19.0. The Balaban J connectivity index is 2.09. The van der Waals surface area contributed by atoms with Gasteiger partial charge in [-0.25, -0.2) is 0 Å². The summed E-state index contributed by atoms with van der Waals surface area (Å²) in [6, 6.07) is 10.2. The van der Waals surface area contributed by atoms with Gasteiger partial charge in [-0.15, -0.1) is 5.10 Å². The average molecular weight is 273 g/mol. The molecule has 2 N–H and O–H groups in total. The van der Waals surface area contributed by atoms with E-state index in [9.17, 15) is 4.79 Å². The number of rotatable bonds is 5. The van der Waals surface area contributed by atoms with Crippen molar-refractivity contribution in [3.05, 3.63) is 47.7 Å². The SMILES string of the molecule is Cc1ccc(Oc2cccc(C(=O)NCCO)c2)nn1. The third-order valence-electron chi connectivity index (χ3n) is 2.49. The molecule has 0 bridgehead atoms. The summed E-state index contributed by atoms with van der Waals surface area (Å²) in [6.45, 7) is 1.96. The zero-order valence-corrected chi connectivity index (χ0v) is 11.0. The molecule has 0 aliphatic carbocycles. The van der Waals surface area contributed by atoms with E-state index in [1.165, 1.54) is 0 Å². The minimum atomic E-state index is -0.264. The predicted octanol–water partition coefficient (Wildman–Crippen LogP) is 1.30. The van der Waals surface area contributed by atoms with Gasteiger partial charge < -0.3 is 15.2 Å². The van der Waals surface area contributed by atoms with Crippen LogP contribution in [0.4, 0.5) is 0 Å². The molecule has 0 atom stereocenters. The predicted molar refractivity (Wildman–Crippen MR) is 72.7 cm³/mol. The number of aromatic nitrogens is 2. The topological polar surface area (TPSA) is 84.3 Å². The van der Waals surface area contributed by atoms with Gasteiger partial charge in [0.1, 0.15) is 5.75 Å². The van der Waals surface area contributed by atoms with E-state index in [0.29, 0.717) is 17.2 Å². The molecule has 1 heterocycles. The van der Waals surface area contributed by atoms with Crippen molar-refractivity contribution in [2.45, 2.75) is 6.92 Å². The van der Waals surface area contributed by atoms with Crippen LogP contribution in [0.1, 0.15) is 16.1 Å². The lowest BCUT2D eigenvalue weighted by Gasteiger charge is -2.07. The quantitative estimate of drug-likeness (QED) is 0.857. The zero-order chi connectivity index (χ0) is 14.4. The second-order valence-electron chi connectivity index (χ2n) is 4.12. The first-order valence-corrected chi connectivity index (χ1v) is 6.16. The number of nitrogens with one attached hydrogen (secondary N) is 1. The maximum absolute atomic E-state index is 11.7. The van der Waals surface area contributed by atoms with Gasteiger partial charge in [0.15, 0.2) is 0 Å². The van der Waals surface area contributed by atoms with E-state index in [1.807, 2.05) is 6.92 Å². The number of ether oxygens (including phenoxy) is 1. The van der Waals surface area contributed by atoms with Gasteiger partial charge in [0.25, 0.3) is 5.91 Å². The highest BCUT2D eigenvalue weighted by Crippen LogP contribution is 2.19. The number of hydrogen-bond donors (Lipinski definition) is 2. The molecule has 2 aromatic rings. The van der Waals surface area contributed by atoms with Gasteiger partial charge in [-0.3, -0.25) is 4.79 Å². The maximum Gasteiger partial charge on any atom is 0.251 e. The lowest BCUT2D eigenvalue weighted by Crippen LogP contribution is -2.26. The van der Waals surface area contributed by atoms with Crippen LogP contribution in [0.15, 0.2) is 36.4 Å². The molecule has 104 valence electrons. The van der Waals surface area contributed by atoms with Crippen molar-refractivity contribution in [3.63, 3.8) is 0 Å². The van der Waals surface area contributed by atoms with E-state index in [2.05, 4.69) is 15.5 Å². The number of carbonyl (C=O) groups is 1. The fourth-order valence-corrected chi connectivity index (χ4v) is 1.53. The second-order valence-corrected chi connectivity index (χ2v) is 4.12. The fraction of sp³-hybridized carbons (Fsp3) is 0.214. The van der Waals surface area contributed by atoms with Crippen molar-refractivity contribution < 1.29 is 14.6 Å². The van der Waals surface area contributed by atoms with Crippen molar-refractivity contribution >= 4 is 5.91 Å². The van der Waals surface area contributed by atoms with E-state index >= 15 is 0 Å². The zero-order valence-electron chi connectivity index (χ0n) is 11.0. The van der Waals surface area contributed by atoms with Crippen LogP contribution in [0.5, 0.6) is 11.6 Å². The summed E-state index contributed by atoms with van der Waals surface area (Å²) >= 11 is 0. The third kappa shape index (κ3) is 3.76. The molecule has 0 saturated heterocycles. The van der Waals surface area contributed by atoms with Gasteiger partial charge in [-0.1, -0.05) is 6.07 Å². The Labute approximate surface area is 116 Å². The van der Waals surface area contributed by atoms with E-state index in [1.54, 1.807) is 36.4 Å². The fourth-order valence-electron chi connectivity index (χ4n) is 1.53. The second kappa shape index (κ2) is 6.63. The molecule has 0 spiro atoms. The number of aryl methyl sites for hydroxylation is 1. The average Bonchev–Trinajstić information content (AvgIpc) is 2.47. The number of aliphatic hydroxyl groups excluding tert-OH is 1. The van der Waals surface area contributed by atoms with Crippen LogP contribution >= 0.6 is 0 Å². The van der Waals surface area contributed by atoms with Crippen molar-refractivity contribution in [2.75, 3.05) is 13.2 Å². The summed E-state index contributed by atoms with van der Waals surface area (Å²) in [4.78, 5) is 11.7. The molecule has 0 saturated carbocycles. The Hall–Kier alpha value is -2.47. The number of carbonyl (C=O) groups excluding carboxylic acids is 1. The van der Waals surface area contributed by atoms with Crippen molar-refractivity contribution in [1.82, 2.24) is 15.5 Å². The van der Waals surface area contributed by atoms with Gasteiger partial charge in [0.2, 0.25) is 5.88 Å². The molecule has 1 amide bonds. The number of hydrogen-bond acceptors (Lipinski definition) is 5. The third-order valence-corrected chi connectivity index (χ3v) is 2.49. The molecule has 6 heteroatoms. The number of nitrogens with zero attached hydrogens (tertiary/aromatic N) is 2. The van der Waals surface area contributed by atoms with Gasteiger partial charge in [0.05, 0.1) is 12.3 Å². The van der Waals surface area contributed by atoms with E-state index in [4.69, 9.17) is 9.84 Å². The van der Waals surface area contributed by atoms with Crippen LogP contribution < -0.4 is 10.1 Å². The van der Waals surface area contributed by atoms with E-state index in [-0.39, 0.29) is 19.1 Å².